The Morgan fingerprint density at radius 1 is 1.22 bits per heavy atom. The molecular formula is C16H24N4O2S. The molecule has 7 heteroatoms. The molecule has 4 rings (SSSR count). The molecule has 1 unspecified atom stereocenters. The molecule has 126 valence electrons. The van der Waals surface area contributed by atoms with E-state index in [0.29, 0.717) is 5.91 Å². The van der Waals surface area contributed by atoms with Crippen molar-refractivity contribution in [3.63, 3.8) is 0 Å². The van der Waals surface area contributed by atoms with Crippen molar-refractivity contribution >= 4 is 22.4 Å². The average Bonchev–Trinajstić information content (AvgIpc) is 3.06. The van der Waals surface area contributed by atoms with Crippen molar-refractivity contribution in [2.45, 2.75) is 19.3 Å². The van der Waals surface area contributed by atoms with Crippen molar-refractivity contribution < 1.29 is 9.53 Å². The van der Waals surface area contributed by atoms with Crippen LogP contribution < -0.4 is 10.2 Å². The summed E-state index contributed by atoms with van der Waals surface area (Å²) in [5.74, 6) is 0.497. The standard InChI is InChI=1S/C16H24N4O2S/c21-15(19-5-3-17-4-6-19)12-1-2-13-14(11-12)23-16(18-13)20-7-9-22-10-8-20/h12,17H,1-11H2. The summed E-state index contributed by atoms with van der Waals surface area (Å²) in [6.45, 7) is 6.97. The highest BCUT2D eigenvalue weighted by Gasteiger charge is 2.31. The second-order valence-electron chi connectivity index (χ2n) is 6.48. The van der Waals surface area contributed by atoms with E-state index >= 15 is 0 Å². The molecule has 0 radical (unpaired) electrons. The smallest absolute Gasteiger partial charge is 0.226 e. The van der Waals surface area contributed by atoms with Crippen LogP contribution in [0.2, 0.25) is 0 Å². The summed E-state index contributed by atoms with van der Waals surface area (Å²) in [4.78, 5) is 23.2. The van der Waals surface area contributed by atoms with Crippen LogP contribution in [0.3, 0.4) is 0 Å². The van der Waals surface area contributed by atoms with E-state index in [1.54, 1.807) is 11.3 Å². The molecule has 23 heavy (non-hydrogen) atoms. The first-order chi connectivity index (χ1) is 11.3. The fourth-order valence-corrected chi connectivity index (χ4v) is 4.84. The van der Waals surface area contributed by atoms with Crippen LogP contribution in [0.15, 0.2) is 0 Å². The Hall–Kier alpha value is -1.18. The maximum absolute atomic E-state index is 12.7. The van der Waals surface area contributed by atoms with E-state index in [1.807, 2.05) is 4.90 Å². The van der Waals surface area contributed by atoms with Gasteiger partial charge in [-0.3, -0.25) is 4.79 Å². The number of ether oxygens (including phenoxy) is 1. The molecule has 6 nitrogen and oxygen atoms in total. The summed E-state index contributed by atoms with van der Waals surface area (Å²) in [5, 5.41) is 4.43. The minimum absolute atomic E-state index is 0.151. The Kier molecular flexibility index (Phi) is 4.50. The summed E-state index contributed by atoms with van der Waals surface area (Å²) in [5.41, 5.74) is 1.22. The Labute approximate surface area is 140 Å². The van der Waals surface area contributed by atoms with Crippen LogP contribution in [-0.4, -0.2) is 68.3 Å². The number of anilines is 1. The number of hydrogen-bond acceptors (Lipinski definition) is 6. The van der Waals surface area contributed by atoms with Crippen LogP contribution in [0.5, 0.6) is 0 Å². The topological polar surface area (TPSA) is 57.7 Å². The van der Waals surface area contributed by atoms with Crippen molar-refractivity contribution in [3.8, 4) is 0 Å². The summed E-state index contributed by atoms with van der Waals surface area (Å²) < 4.78 is 5.42. The number of thiazole rings is 1. The average molecular weight is 336 g/mol. The van der Waals surface area contributed by atoms with Gasteiger partial charge in [0.15, 0.2) is 5.13 Å². The number of piperazine rings is 1. The van der Waals surface area contributed by atoms with E-state index in [9.17, 15) is 4.79 Å². The van der Waals surface area contributed by atoms with Gasteiger partial charge in [0.1, 0.15) is 0 Å². The number of aromatic nitrogens is 1. The first-order valence-electron chi connectivity index (χ1n) is 8.62. The number of carbonyl (C=O) groups excluding carboxylic acids is 1. The van der Waals surface area contributed by atoms with Crippen LogP contribution in [0.1, 0.15) is 17.0 Å². The lowest BCUT2D eigenvalue weighted by molar-refractivity contribution is -0.136. The predicted molar refractivity (Wildman–Crippen MR) is 90.1 cm³/mol. The first-order valence-corrected chi connectivity index (χ1v) is 9.43. The van der Waals surface area contributed by atoms with Gasteiger partial charge in [-0.05, 0) is 19.3 Å². The van der Waals surface area contributed by atoms with Crippen molar-refractivity contribution in [1.82, 2.24) is 15.2 Å². The van der Waals surface area contributed by atoms with E-state index in [-0.39, 0.29) is 5.92 Å². The molecule has 3 heterocycles. The van der Waals surface area contributed by atoms with Crippen LogP contribution in [-0.2, 0) is 22.4 Å². The largest absolute Gasteiger partial charge is 0.378 e. The summed E-state index contributed by atoms with van der Waals surface area (Å²) in [7, 11) is 0. The normalized spacial score (nSPS) is 25.3. The molecule has 1 amide bonds. The number of fused-ring (bicyclic) bond motifs is 1. The number of nitrogens with zero attached hydrogens (tertiary/aromatic N) is 3. The Balaban J connectivity index is 1.44. The summed E-state index contributed by atoms with van der Waals surface area (Å²) in [6.07, 6.45) is 2.76. The van der Waals surface area contributed by atoms with Crippen LogP contribution in [0.4, 0.5) is 5.13 Å². The molecule has 0 saturated carbocycles. The summed E-state index contributed by atoms with van der Waals surface area (Å²) >= 11 is 1.79. The van der Waals surface area contributed by atoms with Gasteiger partial charge in [-0.2, -0.15) is 0 Å². The van der Waals surface area contributed by atoms with E-state index in [0.717, 1.165) is 76.9 Å². The number of morpholine rings is 1. The molecule has 1 aromatic rings. The minimum atomic E-state index is 0.151. The lowest BCUT2D eigenvalue weighted by Gasteiger charge is -2.32. The molecule has 1 aliphatic carbocycles. The second-order valence-corrected chi connectivity index (χ2v) is 7.54. The van der Waals surface area contributed by atoms with E-state index < -0.39 is 0 Å². The predicted octanol–water partition coefficient (Wildman–Crippen LogP) is 0.516. The van der Waals surface area contributed by atoms with E-state index in [1.165, 1.54) is 10.6 Å². The highest BCUT2D eigenvalue weighted by molar-refractivity contribution is 7.15. The molecule has 0 spiro atoms. The molecule has 2 saturated heterocycles. The Bertz CT molecular complexity index is 564. The first kappa shape index (κ1) is 15.4. The van der Waals surface area contributed by atoms with Gasteiger partial charge in [-0.25, -0.2) is 4.98 Å². The third kappa shape index (κ3) is 3.22. The lowest BCUT2D eigenvalue weighted by atomic mass is 9.90. The van der Waals surface area contributed by atoms with Crippen molar-refractivity contribution in [2.75, 3.05) is 57.4 Å². The molecule has 0 bridgehead atoms. The zero-order valence-electron chi connectivity index (χ0n) is 13.4. The fourth-order valence-electron chi connectivity index (χ4n) is 3.61. The van der Waals surface area contributed by atoms with Gasteiger partial charge in [0, 0.05) is 50.1 Å². The number of hydrogen-bond donors (Lipinski definition) is 1. The molecular weight excluding hydrogens is 312 g/mol. The maximum atomic E-state index is 12.7. The monoisotopic (exact) mass is 336 g/mol. The third-order valence-electron chi connectivity index (χ3n) is 4.99. The molecule has 1 aromatic heterocycles. The van der Waals surface area contributed by atoms with Gasteiger partial charge in [0.2, 0.25) is 5.91 Å². The number of amides is 1. The zero-order valence-corrected chi connectivity index (χ0v) is 14.2. The third-order valence-corrected chi connectivity index (χ3v) is 6.17. The van der Waals surface area contributed by atoms with Crippen molar-refractivity contribution in [3.05, 3.63) is 10.6 Å². The van der Waals surface area contributed by atoms with Crippen molar-refractivity contribution in [1.29, 1.82) is 0 Å². The summed E-state index contributed by atoms with van der Waals surface area (Å²) in [6, 6.07) is 0. The molecule has 3 aliphatic rings. The van der Waals surface area contributed by atoms with Gasteiger partial charge >= 0.3 is 0 Å². The fraction of sp³-hybridized carbons (Fsp3) is 0.750. The Morgan fingerprint density at radius 2 is 2.00 bits per heavy atom. The minimum Gasteiger partial charge on any atom is -0.378 e. The van der Waals surface area contributed by atoms with Gasteiger partial charge in [-0.1, -0.05) is 0 Å². The van der Waals surface area contributed by atoms with E-state index in [4.69, 9.17) is 9.72 Å². The maximum Gasteiger partial charge on any atom is 0.226 e. The number of carbonyl (C=O) groups is 1. The van der Waals surface area contributed by atoms with Crippen LogP contribution >= 0.6 is 11.3 Å². The molecule has 2 aliphatic heterocycles. The SMILES string of the molecule is O=C(C1CCc2nc(N3CCOCC3)sc2C1)N1CCNCC1. The highest BCUT2D eigenvalue weighted by atomic mass is 32.1. The number of rotatable bonds is 2. The number of nitrogens with one attached hydrogen (secondary N) is 1. The second kappa shape index (κ2) is 6.75. The van der Waals surface area contributed by atoms with Gasteiger partial charge in [0.05, 0.1) is 18.9 Å². The lowest BCUT2D eigenvalue weighted by Crippen LogP contribution is -2.49. The van der Waals surface area contributed by atoms with Crippen molar-refractivity contribution in [2.24, 2.45) is 5.92 Å². The van der Waals surface area contributed by atoms with Gasteiger partial charge in [-0.15, -0.1) is 11.3 Å². The van der Waals surface area contributed by atoms with E-state index in [2.05, 4.69) is 10.2 Å². The van der Waals surface area contributed by atoms with Crippen LogP contribution in [0.25, 0.3) is 0 Å². The number of aryl methyl sites for hydroxylation is 1. The molecule has 0 aromatic carbocycles. The molecule has 1 atom stereocenters. The quantitative estimate of drug-likeness (QED) is 0.853. The van der Waals surface area contributed by atoms with Gasteiger partial charge < -0.3 is 19.9 Å². The Morgan fingerprint density at radius 3 is 2.78 bits per heavy atom. The van der Waals surface area contributed by atoms with Gasteiger partial charge in [0.25, 0.3) is 0 Å². The highest BCUT2D eigenvalue weighted by Crippen LogP contribution is 2.35. The molecule has 2 fully saturated rings. The molecule has 1 N–H and O–H groups in total. The zero-order chi connectivity index (χ0) is 15.6. The van der Waals surface area contributed by atoms with Crippen LogP contribution in [0, 0.1) is 5.92 Å².